The van der Waals surface area contributed by atoms with Gasteiger partial charge in [-0.15, -0.1) is 0 Å². The molecule has 0 bridgehead atoms. The summed E-state index contributed by atoms with van der Waals surface area (Å²) in [4.78, 5) is 30.8. The first kappa shape index (κ1) is 10.6. The van der Waals surface area contributed by atoms with Crippen LogP contribution in [0.3, 0.4) is 0 Å². The largest absolute Gasteiger partial charge is 0.476 e. The number of carboxylic acid groups (broad SMARTS) is 1. The summed E-state index contributed by atoms with van der Waals surface area (Å²) in [5.41, 5.74) is 0. The van der Waals surface area contributed by atoms with E-state index in [0.29, 0.717) is 13.0 Å². The number of rotatable bonds is 5. The molecule has 0 atom stereocenters. The molecule has 0 rings (SSSR count). The van der Waals surface area contributed by atoms with Gasteiger partial charge in [0.15, 0.2) is 0 Å². The molecule has 2 N–H and O–H groups in total. The fourth-order valence-corrected chi connectivity index (χ4v) is 0.620. The van der Waals surface area contributed by atoms with Crippen LogP contribution in [-0.2, 0) is 14.4 Å². The Morgan fingerprint density at radius 3 is 2.33 bits per heavy atom. The minimum atomic E-state index is -1.42. The van der Waals surface area contributed by atoms with Crippen molar-refractivity contribution in [1.82, 2.24) is 5.32 Å². The molecule has 0 aliphatic rings. The number of Topliss-reactive ketones (excluding diaryl/α,β-unsaturated/α-hetero) is 1. The van der Waals surface area contributed by atoms with Gasteiger partial charge in [-0.3, -0.25) is 9.59 Å². The average molecular weight is 173 g/mol. The lowest BCUT2D eigenvalue weighted by Gasteiger charge is -1.98. The molecule has 0 aliphatic carbocycles. The maximum atomic E-state index is 10.5. The number of amides is 1. The molecule has 0 aromatic rings. The average Bonchev–Trinajstić information content (AvgIpc) is 1.97. The SMILES string of the molecule is CC(=O)NCCCC(=O)C(=O)O. The van der Waals surface area contributed by atoms with Crippen LogP contribution >= 0.6 is 0 Å². The van der Waals surface area contributed by atoms with Crippen LogP contribution in [0.2, 0.25) is 0 Å². The predicted octanol–water partition coefficient (Wildman–Crippen LogP) is -0.444. The van der Waals surface area contributed by atoms with E-state index in [-0.39, 0.29) is 12.3 Å². The fraction of sp³-hybridized carbons (Fsp3) is 0.571. The summed E-state index contributed by atoms with van der Waals surface area (Å²) in [5, 5.41) is 10.6. The number of nitrogens with one attached hydrogen (secondary N) is 1. The molecule has 0 aliphatic heterocycles. The molecule has 5 heteroatoms. The first-order valence-electron chi connectivity index (χ1n) is 3.54. The third-order valence-electron chi connectivity index (χ3n) is 1.19. The van der Waals surface area contributed by atoms with Crippen LogP contribution in [0.5, 0.6) is 0 Å². The van der Waals surface area contributed by atoms with Gasteiger partial charge in [-0.1, -0.05) is 0 Å². The van der Waals surface area contributed by atoms with Gasteiger partial charge in [0.2, 0.25) is 11.7 Å². The number of carbonyl (C=O) groups excluding carboxylic acids is 2. The topological polar surface area (TPSA) is 83.5 Å². The van der Waals surface area contributed by atoms with Crippen molar-refractivity contribution in [2.24, 2.45) is 0 Å². The zero-order valence-electron chi connectivity index (χ0n) is 6.79. The van der Waals surface area contributed by atoms with Crippen molar-refractivity contribution in [3.8, 4) is 0 Å². The summed E-state index contributed by atoms with van der Waals surface area (Å²) >= 11 is 0. The summed E-state index contributed by atoms with van der Waals surface area (Å²) < 4.78 is 0. The quantitative estimate of drug-likeness (QED) is 0.436. The molecule has 5 nitrogen and oxygen atoms in total. The Labute approximate surface area is 69.8 Å². The van der Waals surface area contributed by atoms with E-state index in [1.54, 1.807) is 0 Å². The molecule has 0 spiro atoms. The van der Waals surface area contributed by atoms with Crippen molar-refractivity contribution in [2.75, 3.05) is 6.54 Å². The molecule has 1 amide bonds. The van der Waals surface area contributed by atoms with E-state index >= 15 is 0 Å². The second kappa shape index (κ2) is 5.29. The van der Waals surface area contributed by atoms with Crippen molar-refractivity contribution < 1.29 is 19.5 Å². The van der Waals surface area contributed by atoms with Crippen LogP contribution in [-0.4, -0.2) is 29.3 Å². The van der Waals surface area contributed by atoms with Gasteiger partial charge < -0.3 is 10.4 Å². The van der Waals surface area contributed by atoms with Crippen molar-refractivity contribution >= 4 is 17.7 Å². The van der Waals surface area contributed by atoms with Crippen LogP contribution in [0.25, 0.3) is 0 Å². The Bertz CT molecular complexity index is 200. The lowest BCUT2D eigenvalue weighted by Crippen LogP contribution is -2.22. The summed E-state index contributed by atoms with van der Waals surface area (Å²) in [6.45, 7) is 1.70. The first-order chi connectivity index (χ1) is 5.54. The predicted molar refractivity (Wildman–Crippen MR) is 40.6 cm³/mol. The Morgan fingerprint density at radius 1 is 1.33 bits per heavy atom. The van der Waals surface area contributed by atoms with Crippen molar-refractivity contribution in [3.63, 3.8) is 0 Å². The molecule has 0 fully saturated rings. The maximum Gasteiger partial charge on any atom is 0.372 e. The van der Waals surface area contributed by atoms with E-state index in [0.717, 1.165) is 0 Å². The Morgan fingerprint density at radius 2 is 1.92 bits per heavy atom. The number of ketones is 1. The highest BCUT2D eigenvalue weighted by atomic mass is 16.4. The van der Waals surface area contributed by atoms with Gasteiger partial charge in [-0.05, 0) is 6.42 Å². The molecular weight excluding hydrogens is 162 g/mol. The highest BCUT2D eigenvalue weighted by Gasteiger charge is 2.09. The van der Waals surface area contributed by atoms with Gasteiger partial charge >= 0.3 is 5.97 Å². The zero-order valence-corrected chi connectivity index (χ0v) is 6.79. The van der Waals surface area contributed by atoms with Gasteiger partial charge in [0.05, 0.1) is 0 Å². The third-order valence-corrected chi connectivity index (χ3v) is 1.19. The second-order valence-corrected chi connectivity index (χ2v) is 2.31. The standard InChI is InChI=1S/C7H11NO4/c1-5(9)8-4-2-3-6(10)7(11)12/h2-4H2,1H3,(H,8,9)(H,11,12). The molecule has 68 valence electrons. The van der Waals surface area contributed by atoms with Crippen LogP contribution in [0.1, 0.15) is 19.8 Å². The van der Waals surface area contributed by atoms with E-state index in [1.165, 1.54) is 6.92 Å². The van der Waals surface area contributed by atoms with E-state index in [4.69, 9.17) is 5.11 Å². The smallest absolute Gasteiger partial charge is 0.372 e. The Kier molecular flexibility index (Phi) is 4.67. The van der Waals surface area contributed by atoms with E-state index < -0.39 is 11.8 Å². The normalized spacial score (nSPS) is 9.08. The van der Waals surface area contributed by atoms with Crippen molar-refractivity contribution in [1.29, 1.82) is 0 Å². The van der Waals surface area contributed by atoms with Crippen molar-refractivity contribution in [3.05, 3.63) is 0 Å². The van der Waals surface area contributed by atoms with Crippen LogP contribution in [0, 0.1) is 0 Å². The lowest BCUT2D eigenvalue weighted by molar-refractivity contribution is -0.149. The minimum absolute atomic E-state index is 0.0321. The van der Waals surface area contributed by atoms with Gasteiger partial charge in [-0.2, -0.15) is 0 Å². The van der Waals surface area contributed by atoms with E-state index in [2.05, 4.69) is 5.32 Å². The summed E-state index contributed by atoms with van der Waals surface area (Å²) in [6, 6.07) is 0. The molecule has 0 heterocycles. The second-order valence-electron chi connectivity index (χ2n) is 2.31. The van der Waals surface area contributed by atoms with Crippen LogP contribution in [0.15, 0.2) is 0 Å². The number of carboxylic acids is 1. The molecular formula is C7H11NO4. The molecule has 0 saturated heterocycles. The van der Waals surface area contributed by atoms with E-state index in [9.17, 15) is 14.4 Å². The fourth-order valence-electron chi connectivity index (χ4n) is 0.620. The minimum Gasteiger partial charge on any atom is -0.476 e. The number of hydrogen-bond acceptors (Lipinski definition) is 3. The number of carbonyl (C=O) groups is 3. The van der Waals surface area contributed by atoms with Crippen LogP contribution < -0.4 is 5.32 Å². The summed E-state index contributed by atoms with van der Waals surface area (Å²) in [7, 11) is 0. The van der Waals surface area contributed by atoms with E-state index in [1.807, 2.05) is 0 Å². The maximum absolute atomic E-state index is 10.5. The lowest BCUT2D eigenvalue weighted by atomic mass is 10.2. The number of aliphatic carboxylic acids is 1. The summed E-state index contributed by atoms with van der Waals surface area (Å²) in [6.07, 6.45) is 0.334. The monoisotopic (exact) mass is 173 g/mol. The van der Waals surface area contributed by atoms with Gasteiger partial charge in [0, 0.05) is 19.9 Å². The van der Waals surface area contributed by atoms with Gasteiger partial charge in [-0.25, -0.2) is 4.79 Å². The molecule has 0 aromatic carbocycles. The van der Waals surface area contributed by atoms with Crippen LogP contribution in [0.4, 0.5) is 0 Å². The molecule has 0 aromatic heterocycles. The first-order valence-corrected chi connectivity index (χ1v) is 3.54. The highest BCUT2D eigenvalue weighted by molar-refractivity contribution is 6.32. The molecule has 0 radical (unpaired) electrons. The molecule has 12 heavy (non-hydrogen) atoms. The molecule has 0 saturated carbocycles. The van der Waals surface area contributed by atoms with Crippen molar-refractivity contribution in [2.45, 2.75) is 19.8 Å². The number of hydrogen-bond donors (Lipinski definition) is 2. The molecule has 0 unspecified atom stereocenters. The summed E-state index contributed by atoms with van der Waals surface area (Å²) in [5.74, 6) is -2.42. The Hall–Kier alpha value is -1.39. The Balaban J connectivity index is 3.38. The van der Waals surface area contributed by atoms with Gasteiger partial charge in [0.1, 0.15) is 0 Å². The highest BCUT2D eigenvalue weighted by Crippen LogP contribution is 1.89. The zero-order chi connectivity index (χ0) is 9.56. The third kappa shape index (κ3) is 5.40. The van der Waals surface area contributed by atoms with Gasteiger partial charge in [0.25, 0.3) is 0 Å².